The Morgan fingerprint density at radius 2 is 1.96 bits per heavy atom. The fraction of sp³-hybridized carbons (Fsp3) is 0.0625. The molecule has 0 aliphatic heterocycles. The van der Waals surface area contributed by atoms with Crippen molar-refractivity contribution >= 4 is 27.9 Å². The van der Waals surface area contributed by atoms with E-state index >= 15 is 0 Å². The minimum Gasteiger partial charge on any atom is -0.497 e. The second-order valence-electron chi connectivity index (χ2n) is 4.61. The second-order valence-corrected chi connectivity index (χ2v) is 5.52. The van der Waals surface area contributed by atoms with Gasteiger partial charge in [-0.15, -0.1) is 5.10 Å². The summed E-state index contributed by atoms with van der Waals surface area (Å²) in [6, 6.07) is 14.2. The van der Waals surface area contributed by atoms with Crippen LogP contribution in [0.25, 0.3) is 11.5 Å². The van der Waals surface area contributed by atoms with Crippen molar-refractivity contribution in [3.8, 4) is 17.2 Å². The molecule has 116 valence electrons. The molecule has 0 atom stereocenters. The van der Waals surface area contributed by atoms with Crippen LogP contribution < -0.4 is 10.1 Å². The number of ether oxygens (including phenoxy) is 1. The maximum absolute atomic E-state index is 12.2. The molecule has 0 bridgehead atoms. The molecular weight excluding hydrogens is 362 g/mol. The van der Waals surface area contributed by atoms with E-state index in [1.165, 1.54) is 0 Å². The molecule has 7 heteroatoms. The molecule has 6 nitrogen and oxygen atoms in total. The summed E-state index contributed by atoms with van der Waals surface area (Å²) in [5, 5.41) is 10.3. The highest BCUT2D eigenvalue weighted by atomic mass is 79.9. The van der Waals surface area contributed by atoms with Gasteiger partial charge in [0, 0.05) is 15.6 Å². The zero-order valence-electron chi connectivity index (χ0n) is 12.1. The predicted octanol–water partition coefficient (Wildman–Crippen LogP) is 3.76. The first-order valence-electron chi connectivity index (χ1n) is 6.70. The van der Waals surface area contributed by atoms with Crippen LogP contribution in [-0.4, -0.2) is 23.2 Å². The number of anilines is 1. The van der Waals surface area contributed by atoms with Crippen LogP contribution in [0.3, 0.4) is 0 Å². The number of amides is 1. The normalized spacial score (nSPS) is 10.3. The molecule has 2 aromatic carbocycles. The summed E-state index contributed by atoms with van der Waals surface area (Å²) < 4.78 is 11.5. The van der Waals surface area contributed by atoms with Crippen LogP contribution in [-0.2, 0) is 0 Å². The van der Waals surface area contributed by atoms with Gasteiger partial charge >= 0.3 is 6.01 Å². The third-order valence-corrected chi connectivity index (χ3v) is 3.60. The van der Waals surface area contributed by atoms with Gasteiger partial charge in [0.2, 0.25) is 5.89 Å². The SMILES string of the molecule is COc1cccc(C(=O)Nc2nnc(-c3ccc(Br)cc3)o2)c1. The van der Waals surface area contributed by atoms with Crippen molar-refractivity contribution in [1.82, 2.24) is 10.2 Å². The monoisotopic (exact) mass is 373 g/mol. The van der Waals surface area contributed by atoms with Gasteiger partial charge in [-0.3, -0.25) is 10.1 Å². The largest absolute Gasteiger partial charge is 0.497 e. The zero-order valence-corrected chi connectivity index (χ0v) is 13.7. The van der Waals surface area contributed by atoms with Crippen LogP contribution in [0.5, 0.6) is 5.75 Å². The van der Waals surface area contributed by atoms with Crippen molar-refractivity contribution in [3.63, 3.8) is 0 Å². The third-order valence-electron chi connectivity index (χ3n) is 3.07. The van der Waals surface area contributed by atoms with Crippen LogP contribution in [0, 0.1) is 0 Å². The number of aromatic nitrogens is 2. The van der Waals surface area contributed by atoms with E-state index in [4.69, 9.17) is 9.15 Å². The number of nitrogens with one attached hydrogen (secondary N) is 1. The van der Waals surface area contributed by atoms with Crippen LogP contribution in [0.1, 0.15) is 10.4 Å². The minimum absolute atomic E-state index is 0.0377. The van der Waals surface area contributed by atoms with Crippen molar-refractivity contribution in [2.24, 2.45) is 0 Å². The number of carbonyl (C=O) groups is 1. The van der Waals surface area contributed by atoms with Gasteiger partial charge in [-0.25, -0.2) is 0 Å². The van der Waals surface area contributed by atoms with Gasteiger partial charge in [-0.05, 0) is 42.5 Å². The molecule has 0 aliphatic carbocycles. The topological polar surface area (TPSA) is 77.2 Å². The van der Waals surface area contributed by atoms with Crippen molar-refractivity contribution < 1.29 is 13.9 Å². The molecule has 0 saturated heterocycles. The minimum atomic E-state index is -0.352. The van der Waals surface area contributed by atoms with Crippen LogP contribution in [0.4, 0.5) is 6.01 Å². The zero-order chi connectivity index (χ0) is 16.2. The summed E-state index contributed by atoms with van der Waals surface area (Å²) in [5.74, 6) is 0.576. The van der Waals surface area contributed by atoms with E-state index in [1.807, 2.05) is 24.3 Å². The van der Waals surface area contributed by atoms with E-state index < -0.39 is 0 Å². The Kier molecular flexibility index (Phi) is 4.38. The van der Waals surface area contributed by atoms with E-state index in [1.54, 1.807) is 31.4 Å². The van der Waals surface area contributed by atoms with E-state index in [0.29, 0.717) is 17.2 Å². The van der Waals surface area contributed by atoms with E-state index in [0.717, 1.165) is 10.0 Å². The average molecular weight is 374 g/mol. The number of rotatable bonds is 4. The van der Waals surface area contributed by atoms with Crippen LogP contribution in [0.2, 0.25) is 0 Å². The van der Waals surface area contributed by atoms with Gasteiger partial charge in [0.05, 0.1) is 7.11 Å². The second kappa shape index (κ2) is 6.62. The lowest BCUT2D eigenvalue weighted by Crippen LogP contribution is -2.12. The van der Waals surface area contributed by atoms with Gasteiger partial charge in [0.15, 0.2) is 0 Å². The van der Waals surface area contributed by atoms with Gasteiger partial charge in [0.1, 0.15) is 5.75 Å². The van der Waals surface area contributed by atoms with Crippen LogP contribution >= 0.6 is 15.9 Å². The number of methoxy groups -OCH3 is 1. The highest BCUT2D eigenvalue weighted by molar-refractivity contribution is 9.10. The number of hydrogen-bond donors (Lipinski definition) is 1. The highest BCUT2D eigenvalue weighted by Crippen LogP contribution is 2.22. The Bertz CT molecular complexity index is 831. The lowest BCUT2D eigenvalue weighted by molar-refractivity contribution is 0.102. The maximum atomic E-state index is 12.2. The maximum Gasteiger partial charge on any atom is 0.322 e. The molecule has 1 amide bonds. The molecule has 0 radical (unpaired) electrons. The Balaban J connectivity index is 1.75. The number of nitrogens with zero attached hydrogens (tertiary/aromatic N) is 2. The first kappa shape index (κ1) is 15.2. The summed E-state index contributed by atoms with van der Waals surface area (Å²) in [7, 11) is 1.54. The van der Waals surface area contributed by atoms with E-state index in [-0.39, 0.29) is 11.9 Å². The Labute approximate surface area is 140 Å². The number of halogens is 1. The highest BCUT2D eigenvalue weighted by Gasteiger charge is 2.13. The molecule has 1 heterocycles. The summed E-state index contributed by atoms with van der Waals surface area (Å²) >= 11 is 3.36. The van der Waals surface area contributed by atoms with Gasteiger partial charge < -0.3 is 9.15 Å². The van der Waals surface area contributed by atoms with E-state index in [9.17, 15) is 4.79 Å². The summed E-state index contributed by atoms with van der Waals surface area (Å²) in [6.07, 6.45) is 0. The summed E-state index contributed by atoms with van der Waals surface area (Å²) in [4.78, 5) is 12.2. The number of carbonyl (C=O) groups excluding carboxylic acids is 1. The molecule has 0 saturated carbocycles. The van der Waals surface area contributed by atoms with Gasteiger partial charge in [-0.2, -0.15) is 0 Å². The smallest absolute Gasteiger partial charge is 0.322 e. The third kappa shape index (κ3) is 3.57. The fourth-order valence-electron chi connectivity index (χ4n) is 1.92. The Morgan fingerprint density at radius 3 is 2.70 bits per heavy atom. The molecule has 3 aromatic rings. The first-order valence-corrected chi connectivity index (χ1v) is 7.50. The standard InChI is InChI=1S/C16H12BrN3O3/c1-22-13-4-2-3-11(9-13)14(21)18-16-20-19-15(23-16)10-5-7-12(17)8-6-10/h2-9H,1H3,(H,18,20,21). The lowest BCUT2D eigenvalue weighted by Gasteiger charge is -2.03. The summed E-state index contributed by atoms with van der Waals surface area (Å²) in [5.41, 5.74) is 1.20. The molecule has 0 unspecified atom stereocenters. The Morgan fingerprint density at radius 1 is 1.17 bits per heavy atom. The first-order chi connectivity index (χ1) is 11.2. The van der Waals surface area contributed by atoms with Gasteiger partial charge in [0.25, 0.3) is 5.91 Å². The van der Waals surface area contributed by atoms with Gasteiger partial charge in [-0.1, -0.05) is 27.1 Å². The average Bonchev–Trinajstić information content (AvgIpc) is 3.04. The quantitative estimate of drug-likeness (QED) is 0.753. The molecular formula is C16H12BrN3O3. The van der Waals surface area contributed by atoms with Crippen LogP contribution in [0.15, 0.2) is 57.4 Å². The fourth-order valence-corrected chi connectivity index (χ4v) is 2.18. The van der Waals surface area contributed by atoms with Crippen molar-refractivity contribution in [3.05, 3.63) is 58.6 Å². The predicted molar refractivity (Wildman–Crippen MR) is 88.4 cm³/mol. The molecule has 0 fully saturated rings. The summed E-state index contributed by atoms with van der Waals surface area (Å²) in [6.45, 7) is 0. The van der Waals surface area contributed by atoms with Crippen molar-refractivity contribution in [1.29, 1.82) is 0 Å². The van der Waals surface area contributed by atoms with E-state index in [2.05, 4.69) is 31.4 Å². The number of benzene rings is 2. The molecule has 23 heavy (non-hydrogen) atoms. The van der Waals surface area contributed by atoms with Crippen molar-refractivity contribution in [2.75, 3.05) is 12.4 Å². The molecule has 0 spiro atoms. The molecule has 3 rings (SSSR count). The number of hydrogen-bond acceptors (Lipinski definition) is 5. The molecule has 1 aromatic heterocycles. The molecule has 1 N–H and O–H groups in total. The lowest BCUT2D eigenvalue weighted by atomic mass is 10.2. The van der Waals surface area contributed by atoms with Crippen molar-refractivity contribution in [2.45, 2.75) is 0 Å². The molecule has 0 aliphatic rings. The Hall–Kier alpha value is -2.67.